The third-order valence-electron chi connectivity index (χ3n) is 10.5. The van der Waals surface area contributed by atoms with Crippen LogP contribution >= 0.6 is 0 Å². The van der Waals surface area contributed by atoms with Gasteiger partial charge in [0, 0.05) is 13.7 Å². The number of fused-ring (bicyclic) bond motifs is 5. The monoisotopic (exact) mass is 406 g/mol. The van der Waals surface area contributed by atoms with Crippen molar-refractivity contribution in [2.75, 3.05) is 20.5 Å². The molecular formula is C26H46O3. The maximum Gasteiger partial charge on any atom is 0.146 e. The average Bonchev–Trinajstić information content (AvgIpc) is 3.02. The minimum atomic E-state index is 0.311. The van der Waals surface area contributed by atoms with Gasteiger partial charge in [-0.2, -0.15) is 0 Å². The number of hydrogen-bond donors (Lipinski definition) is 1. The van der Waals surface area contributed by atoms with E-state index in [0.29, 0.717) is 42.2 Å². The number of aliphatic hydroxyl groups excluding tert-OH is 1. The Balaban J connectivity index is 1.59. The number of ether oxygens (including phenoxy) is 2. The maximum atomic E-state index is 9.40. The van der Waals surface area contributed by atoms with Crippen molar-refractivity contribution >= 4 is 0 Å². The Labute approximate surface area is 179 Å². The SMILES string of the molecule is COCOC1C[C@H]2[C@@H]3CC[C@@H]4CCCC[C@]4(C)[C@H]3CC[C@]2(C)[C@H]1[C@H](C)CCCO. The van der Waals surface area contributed by atoms with E-state index < -0.39 is 0 Å². The highest BCUT2D eigenvalue weighted by Crippen LogP contribution is 2.68. The van der Waals surface area contributed by atoms with E-state index in [1.807, 2.05) is 0 Å². The Morgan fingerprint density at radius 3 is 2.59 bits per heavy atom. The molecule has 4 aliphatic rings. The molecule has 0 amide bonds. The van der Waals surface area contributed by atoms with Gasteiger partial charge in [0.1, 0.15) is 6.79 Å². The second-order valence-corrected chi connectivity index (χ2v) is 11.7. The van der Waals surface area contributed by atoms with Gasteiger partial charge in [0.05, 0.1) is 6.10 Å². The Kier molecular flexibility index (Phi) is 6.69. The highest BCUT2D eigenvalue weighted by molar-refractivity contribution is 5.11. The molecule has 3 nitrogen and oxygen atoms in total. The molecule has 29 heavy (non-hydrogen) atoms. The van der Waals surface area contributed by atoms with Crippen molar-refractivity contribution in [1.82, 2.24) is 0 Å². The van der Waals surface area contributed by atoms with Crippen molar-refractivity contribution in [3.63, 3.8) is 0 Å². The van der Waals surface area contributed by atoms with Crippen LogP contribution in [0.4, 0.5) is 0 Å². The van der Waals surface area contributed by atoms with Crippen molar-refractivity contribution in [2.24, 2.45) is 46.3 Å². The third-order valence-corrected chi connectivity index (χ3v) is 10.5. The molecule has 4 rings (SSSR count). The quantitative estimate of drug-likeness (QED) is 0.524. The van der Waals surface area contributed by atoms with Crippen molar-refractivity contribution < 1.29 is 14.6 Å². The third kappa shape index (κ3) is 3.72. The van der Waals surface area contributed by atoms with Crippen LogP contribution in [-0.4, -0.2) is 31.7 Å². The average molecular weight is 407 g/mol. The smallest absolute Gasteiger partial charge is 0.146 e. The summed E-state index contributed by atoms with van der Waals surface area (Å²) in [5, 5.41) is 9.40. The first-order valence-electron chi connectivity index (χ1n) is 12.7. The predicted octanol–water partition coefficient (Wildman–Crippen LogP) is 6.04. The van der Waals surface area contributed by atoms with E-state index in [4.69, 9.17) is 9.47 Å². The van der Waals surface area contributed by atoms with E-state index in [9.17, 15) is 5.11 Å². The summed E-state index contributed by atoms with van der Waals surface area (Å²) in [6.45, 7) is 8.43. The van der Waals surface area contributed by atoms with Crippen LogP contribution in [0.3, 0.4) is 0 Å². The van der Waals surface area contributed by atoms with Crippen LogP contribution in [0.25, 0.3) is 0 Å². The van der Waals surface area contributed by atoms with Crippen molar-refractivity contribution in [3.8, 4) is 0 Å². The molecule has 0 radical (unpaired) electrons. The summed E-state index contributed by atoms with van der Waals surface area (Å²) in [6.07, 6.45) is 15.2. The van der Waals surface area contributed by atoms with Crippen LogP contribution < -0.4 is 0 Å². The van der Waals surface area contributed by atoms with Crippen LogP contribution in [0.1, 0.15) is 91.4 Å². The summed E-state index contributed by atoms with van der Waals surface area (Å²) in [4.78, 5) is 0. The fourth-order valence-corrected chi connectivity index (χ4v) is 9.26. The molecule has 168 valence electrons. The van der Waals surface area contributed by atoms with Gasteiger partial charge in [0.25, 0.3) is 0 Å². The van der Waals surface area contributed by atoms with Crippen LogP contribution in [0.15, 0.2) is 0 Å². The highest BCUT2D eigenvalue weighted by atomic mass is 16.7. The van der Waals surface area contributed by atoms with Crippen LogP contribution in [0, 0.1) is 46.3 Å². The molecule has 0 aromatic carbocycles. The summed E-state index contributed by atoms with van der Waals surface area (Å²) in [7, 11) is 1.75. The Morgan fingerprint density at radius 1 is 1.00 bits per heavy atom. The molecule has 0 heterocycles. The van der Waals surface area contributed by atoms with E-state index in [0.717, 1.165) is 36.5 Å². The van der Waals surface area contributed by atoms with Gasteiger partial charge in [-0.25, -0.2) is 0 Å². The van der Waals surface area contributed by atoms with Gasteiger partial charge in [-0.1, -0.05) is 33.6 Å². The van der Waals surface area contributed by atoms with E-state index >= 15 is 0 Å². The summed E-state index contributed by atoms with van der Waals surface area (Å²) in [6, 6.07) is 0. The highest BCUT2D eigenvalue weighted by Gasteiger charge is 2.62. The first-order chi connectivity index (χ1) is 14.0. The van der Waals surface area contributed by atoms with Gasteiger partial charge in [-0.15, -0.1) is 0 Å². The summed E-state index contributed by atoms with van der Waals surface area (Å²) >= 11 is 0. The Bertz CT molecular complexity index is 550. The zero-order chi connectivity index (χ0) is 20.6. The molecule has 1 unspecified atom stereocenters. The number of rotatable bonds is 7. The first-order valence-corrected chi connectivity index (χ1v) is 12.7. The van der Waals surface area contributed by atoms with E-state index in [2.05, 4.69) is 20.8 Å². The van der Waals surface area contributed by atoms with Gasteiger partial charge in [0.15, 0.2) is 0 Å². The summed E-state index contributed by atoms with van der Waals surface area (Å²) in [5.74, 6) is 4.85. The number of hydrogen-bond acceptors (Lipinski definition) is 3. The van der Waals surface area contributed by atoms with Crippen molar-refractivity contribution in [2.45, 2.75) is 97.5 Å². The maximum absolute atomic E-state index is 9.40. The van der Waals surface area contributed by atoms with E-state index in [-0.39, 0.29) is 0 Å². The van der Waals surface area contributed by atoms with Crippen LogP contribution in [0.5, 0.6) is 0 Å². The van der Waals surface area contributed by atoms with Crippen LogP contribution in [0.2, 0.25) is 0 Å². The minimum Gasteiger partial charge on any atom is -0.396 e. The molecule has 0 aromatic heterocycles. The Hall–Kier alpha value is -0.120. The normalized spacial score (nSPS) is 47.9. The number of aliphatic hydroxyl groups is 1. The lowest BCUT2D eigenvalue weighted by atomic mass is 9.44. The second kappa shape index (κ2) is 8.79. The zero-order valence-electron chi connectivity index (χ0n) is 19.5. The molecule has 4 saturated carbocycles. The molecular weight excluding hydrogens is 360 g/mol. The minimum absolute atomic E-state index is 0.311. The summed E-state index contributed by atoms with van der Waals surface area (Å²) < 4.78 is 11.7. The molecule has 0 spiro atoms. The largest absolute Gasteiger partial charge is 0.396 e. The number of methoxy groups -OCH3 is 1. The van der Waals surface area contributed by atoms with Gasteiger partial charge in [-0.05, 0) is 104 Å². The lowest BCUT2D eigenvalue weighted by Crippen LogP contribution is -2.53. The standard InChI is InChI=1S/C26H46O3/c1-18(8-7-15-27)24-23(29-17-28-4)16-22-20-11-10-19-9-5-6-13-25(19,2)21(20)12-14-26(22,24)3/h18-24,27H,5-17H2,1-4H3/t18-,19+,20-,21+,22+,23?,24+,25+,26+/m1/s1. The first kappa shape index (κ1) is 22.1. The lowest BCUT2D eigenvalue weighted by Gasteiger charge is -2.60. The van der Waals surface area contributed by atoms with Gasteiger partial charge < -0.3 is 14.6 Å². The molecule has 4 aliphatic carbocycles. The van der Waals surface area contributed by atoms with E-state index in [1.165, 1.54) is 57.8 Å². The van der Waals surface area contributed by atoms with Crippen LogP contribution in [-0.2, 0) is 9.47 Å². The molecule has 9 atom stereocenters. The molecule has 0 aliphatic heterocycles. The molecule has 0 aromatic rings. The fourth-order valence-electron chi connectivity index (χ4n) is 9.26. The van der Waals surface area contributed by atoms with Crippen molar-refractivity contribution in [1.29, 1.82) is 0 Å². The lowest BCUT2D eigenvalue weighted by molar-refractivity contribution is -0.122. The van der Waals surface area contributed by atoms with E-state index in [1.54, 1.807) is 7.11 Å². The van der Waals surface area contributed by atoms with Gasteiger partial charge in [0.2, 0.25) is 0 Å². The molecule has 1 N–H and O–H groups in total. The molecule has 3 heteroatoms. The molecule has 0 saturated heterocycles. The summed E-state index contributed by atoms with van der Waals surface area (Å²) in [5.41, 5.74) is 0.998. The van der Waals surface area contributed by atoms with Crippen molar-refractivity contribution in [3.05, 3.63) is 0 Å². The fraction of sp³-hybridized carbons (Fsp3) is 1.00. The van der Waals surface area contributed by atoms with Gasteiger partial charge in [-0.3, -0.25) is 0 Å². The predicted molar refractivity (Wildman–Crippen MR) is 117 cm³/mol. The second-order valence-electron chi connectivity index (χ2n) is 11.7. The molecule has 0 bridgehead atoms. The molecule has 4 fully saturated rings. The Morgan fingerprint density at radius 2 is 1.83 bits per heavy atom. The topological polar surface area (TPSA) is 38.7 Å². The zero-order valence-corrected chi connectivity index (χ0v) is 19.5. The van der Waals surface area contributed by atoms with Gasteiger partial charge >= 0.3 is 0 Å².